The first-order valence-corrected chi connectivity index (χ1v) is 20.8. The molecule has 1 heterocycles. The van der Waals surface area contributed by atoms with Crippen molar-refractivity contribution in [2.45, 2.75) is 128 Å². The molecule has 2 saturated carbocycles. The predicted octanol–water partition coefficient (Wildman–Crippen LogP) is 8.67. The van der Waals surface area contributed by atoms with E-state index in [1.165, 1.54) is 16.9 Å². The smallest absolute Gasteiger partial charge is 0.166 e. The third-order valence-electron chi connectivity index (χ3n) is 12.5. The predicted molar refractivity (Wildman–Crippen MR) is 211 cm³/mol. The van der Waals surface area contributed by atoms with Crippen LogP contribution in [0.1, 0.15) is 122 Å². The fourth-order valence-corrected chi connectivity index (χ4v) is 10.1. The van der Waals surface area contributed by atoms with Crippen molar-refractivity contribution in [3.63, 3.8) is 0 Å². The molecule has 2 bridgehead atoms. The van der Waals surface area contributed by atoms with Gasteiger partial charge in [0.2, 0.25) is 0 Å². The van der Waals surface area contributed by atoms with E-state index >= 15 is 0 Å². The molecule has 52 heavy (non-hydrogen) atoms. The van der Waals surface area contributed by atoms with Crippen molar-refractivity contribution >= 4 is 17.1 Å². The number of fused-ring (bicyclic) bond motifs is 8. The molecule has 3 N–H and O–H groups in total. The van der Waals surface area contributed by atoms with Crippen LogP contribution < -0.4 is 0 Å². The van der Waals surface area contributed by atoms with E-state index in [2.05, 4.69) is 60.5 Å². The van der Waals surface area contributed by atoms with Gasteiger partial charge >= 0.3 is 0 Å². The van der Waals surface area contributed by atoms with Gasteiger partial charge in [-0.25, -0.2) is 0 Å². The number of ketones is 1. The van der Waals surface area contributed by atoms with Gasteiger partial charge in [-0.05, 0) is 111 Å². The molecule has 3 aromatic rings. The molecular weight excluding hydrogens is 667 g/mol. The van der Waals surface area contributed by atoms with Gasteiger partial charge in [-0.1, -0.05) is 86.4 Å². The third kappa shape index (κ3) is 9.71. The van der Waals surface area contributed by atoms with E-state index < -0.39 is 23.2 Å². The van der Waals surface area contributed by atoms with Gasteiger partial charge in [0.1, 0.15) is 0 Å². The van der Waals surface area contributed by atoms with Crippen molar-refractivity contribution in [1.82, 2.24) is 4.90 Å². The van der Waals surface area contributed by atoms with Crippen LogP contribution in [0, 0.1) is 11.3 Å². The van der Waals surface area contributed by atoms with Crippen LogP contribution in [0.3, 0.4) is 0 Å². The molecule has 5 unspecified atom stereocenters. The summed E-state index contributed by atoms with van der Waals surface area (Å²) in [6, 6.07) is 20.7. The Hall–Kier alpha value is -2.65. The Morgan fingerprint density at radius 3 is 2.60 bits per heavy atom. The SMILES string of the molecule is CC1=CCCC2(C)C(CCC2(O)CN(CCc2cccs2)CC(O)COCc2ccccc2)c2ccc(cc2C(=O)C2CCCCC2)CC(O)CC1. The third-order valence-corrected chi connectivity index (χ3v) is 13.5. The Labute approximate surface area is 315 Å². The molecule has 2 fully saturated rings. The average molecular weight is 728 g/mol. The average Bonchev–Trinajstić information content (AvgIpc) is 3.76. The highest BCUT2D eigenvalue weighted by molar-refractivity contribution is 7.09. The van der Waals surface area contributed by atoms with Crippen LogP contribution in [-0.4, -0.2) is 70.1 Å². The standard InChI is InChI=1S/C45H61NO5S/c1-33-11-9-23-44(2)42(40-20-18-35(27-37(47)19-17-33)28-41(40)43(49)36-14-7-4-8-15-36)21-24-45(44,50)32-46(25-22-39-16-10-26-52-39)29-38(48)31-51-30-34-12-5-3-6-13-34/h3,5-6,10-13,16,18,20,26,28,36-38,42,47-48,50H,4,7-9,14-15,17,19,21-25,27,29-32H2,1-2H3. The van der Waals surface area contributed by atoms with Crippen molar-refractivity contribution in [1.29, 1.82) is 0 Å². The number of ether oxygens (including phenoxy) is 1. The number of hydrogen-bond acceptors (Lipinski definition) is 7. The minimum absolute atomic E-state index is 0.00827. The number of allylic oxidation sites excluding steroid dienone is 2. The minimum Gasteiger partial charge on any atom is -0.393 e. The molecule has 7 heteroatoms. The zero-order chi connectivity index (χ0) is 36.6. The largest absolute Gasteiger partial charge is 0.393 e. The Bertz CT molecular complexity index is 1600. The number of carbonyl (C=O) groups excluding carboxylic acids is 1. The number of hydrogen-bond donors (Lipinski definition) is 3. The van der Waals surface area contributed by atoms with E-state index in [9.17, 15) is 20.1 Å². The number of thiophene rings is 1. The summed E-state index contributed by atoms with van der Waals surface area (Å²) in [6.07, 6.45) is 12.4. The van der Waals surface area contributed by atoms with Gasteiger partial charge in [0.05, 0.1) is 31.0 Å². The molecule has 7 rings (SSSR count). The van der Waals surface area contributed by atoms with E-state index in [1.807, 2.05) is 30.3 Å². The molecule has 0 spiro atoms. The van der Waals surface area contributed by atoms with Crippen molar-refractivity contribution in [2.24, 2.45) is 11.3 Å². The molecule has 4 aliphatic rings. The summed E-state index contributed by atoms with van der Waals surface area (Å²) in [6.45, 7) is 6.67. The molecule has 6 nitrogen and oxygen atoms in total. The molecule has 0 saturated heterocycles. The van der Waals surface area contributed by atoms with Crippen LogP contribution in [0.25, 0.3) is 0 Å². The molecule has 0 amide bonds. The molecule has 0 radical (unpaired) electrons. The molecule has 5 atom stereocenters. The second kappa shape index (κ2) is 18.1. The first kappa shape index (κ1) is 39.1. The first-order chi connectivity index (χ1) is 25.1. The van der Waals surface area contributed by atoms with Gasteiger partial charge in [-0.2, -0.15) is 0 Å². The van der Waals surface area contributed by atoms with Crippen molar-refractivity contribution in [3.05, 3.63) is 105 Å². The van der Waals surface area contributed by atoms with Crippen LogP contribution in [0.5, 0.6) is 0 Å². The molecular formula is C45H61NO5S. The maximum atomic E-state index is 14.4. The van der Waals surface area contributed by atoms with Crippen LogP contribution in [0.15, 0.2) is 77.7 Å². The quantitative estimate of drug-likeness (QED) is 0.121. The van der Waals surface area contributed by atoms with Gasteiger partial charge in [0.25, 0.3) is 0 Å². The second-order valence-electron chi connectivity index (χ2n) is 16.4. The lowest BCUT2D eigenvalue weighted by atomic mass is 9.64. The zero-order valence-corrected chi connectivity index (χ0v) is 32.3. The summed E-state index contributed by atoms with van der Waals surface area (Å²) < 4.78 is 5.95. The van der Waals surface area contributed by atoms with E-state index in [-0.39, 0.29) is 24.2 Å². The van der Waals surface area contributed by atoms with Crippen molar-refractivity contribution in [2.75, 3.05) is 26.2 Å². The Kier molecular flexibility index (Phi) is 13.6. The minimum atomic E-state index is -1.03. The highest BCUT2D eigenvalue weighted by atomic mass is 32.1. The monoisotopic (exact) mass is 727 g/mol. The van der Waals surface area contributed by atoms with Crippen molar-refractivity contribution < 1.29 is 24.9 Å². The van der Waals surface area contributed by atoms with E-state index in [0.717, 1.165) is 86.6 Å². The maximum absolute atomic E-state index is 14.4. The lowest BCUT2D eigenvalue weighted by molar-refractivity contribution is -0.0905. The van der Waals surface area contributed by atoms with Crippen LogP contribution >= 0.6 is 11.3 Å². The van der Waals surface area contributed by atoms with Crippen LogP contribution in [-0.2, 0) is 24.2 Å². The molecule has 4 aliphatic carbocycles. The van der Waals surface area contributed by atoms with Gasteiger partial charge in [0.15, 0.2) is 5.78 Å². The number of rotatable bonds is 13. The molecule has 282 valence electrons. The fourth-order valence-electron chi connectivity index (χ4n) is 9.36. The summed E-state index contributed by atoms with van der Waals surface area (Å²) in [5, 5.41) is 37.4. The lowest BCUT2D eigenvalue weighted by Gasteiger charge is -2.46. The summed E-state index contributed by atoms with van der Waals surface area (Å²) in [4.78, 5) is 18.0. The Balaban J connectivity index is 1.29. The number of nitrogens with zero attached hydrogens (tertiary/aromatic N) is 1. The topological polar surface area (TPSA) is 90.2 Å². The Morgan fingerprint density at radius 2 is 1.83 bits per heavy atom. The van der Waals surface area contributed by atoms with E-state index in [0.29, 0.717) is 39.0 Å². The number of aliphatic hydroxyl groups excluding tert-OH is 2. The first-order valence-electron chi connectivity index (χ1n) is 19.9. The Morgan fingerprint density at radius 1 is 1.02 bits per heavy atom. The lowest BCUT2D eigenvalue weighted by Crippen LogP contribution is -2.54. The zero-order valence-electron chi connectivity index (χ0n) is 31.5. The fraction of sp³-hybridized carbons (Fsp3) is 0.578. The summed E-state index contributed by atoms with van der Waals surface area (Å²) in [5.41, 5.74) is 3.73. The van der Waals surface area contributed by atoms with Crippen LogP contribution in [0.2, 0.25) is 0 Å². The van der Waals surface area contributed by atoms with Crippen molar-refractivity contribution in [3.8, 4) is 0 Å². The molecule has 0 aliphatic heterocycles. The summed E-state index contributed by atoms with van der Waals surface area (Å²) >= 11 is 1.74. The van der Waals surface area contributed by atoms with Gasteiger partial charge in [0, 0.05) is 41.4 Å². The number of benzene rings is 2. The number of Topliss-reactive ketones (excluding diaryl/α,β-unsaturated/α-hetero) is 1. The summed E-state index contributed by atoms with van der Waals surface area (Å²) in [5.74, 6) is 0.304. The second-order valence-corrected chi connectivity index (χ2v) is 17.4. The van der Waals surface area contributed by atoms with Gasteiger partial charge in [-0.3, -0.25) is 9.69 Å². The van der Waals surface area contributed by atoms with Gasteiger partial charge in [-0.15, -0.1) is 11.3 Å². The van der Waals surface area contributed by atoms with E-state index in [1.54, 1.807) is 11.3 Å². The molecule has 2 aromatic carbocycles. The normalized spacial score (nSPS) is 26.5. The van der Waals surface area contributed by atoms with Crippen LogP contribution in [0.4, 0.5) is 0 Å². The number of carbonyl (C=O) groups is 1. The summed E-state index contributed by atoms with van der Waals surface area (Å²) in [7, 11) is 0. The molecule has 1 aromatic heterocycles. The van der Waals surface area contributed by atoms with Gasteiger partial charge < -0.3 is 20.1 Å². The highest BCUT2D eigenvalue weighted by Gasteiger charge is 2.57. The highest BCUT2D eigenvalue weighted by Crippen LogP contribution is 2.59. The number of aliphatic hydroxyl groups is 3. The maximum Gasteiger partial charge on any atom is 0.166 e. The van der Waals surface area contributed by atoms with E-state index in [4.69, 9.17) is 4.74 Å².